The summed E-state index contributed by atoms with van der Waals surface area (Å²) in [5.41, 5.74) is 2.87. The zero-order valence-electron chi connectivity index (χ0n) is 30.6. The number of aryl methyl sites for hydroxylation is 1. The van der Waals surface area contributed by atoms with E-state index in [4.69, 9.17) is 16.3 Å². The minimum absolute atomic E-state index is 0.0950. The van der Waals surface area contributed by atoms with E-state index in [0.29, 0.717) is 62.3 Å². The Morgan fingerprint density at radius 2 is 1.87 bits per heavy atom. The molecule has 1 aliphatic carbocycles. The van der Waals surface area contributed by atoms with Gasteiger partial charge in [0.25, 0.3) is 5.91 Å². The number of nitrogens with one attached hydrogen (secondary N) is 1. The van der Waals surface area contributed by atoms with Crippen LogP contribution < -0.4 is 14.4 Å². The van der Waals surface area contributed by atoms with Crippen LogP contribution in [0.4, 0.5) is 10.1 Å². The number of hydrogen-bond donors (Lipinski definition) is 1. The molecule has 13 heteroatoms. The summed E-state index contributed by atoms with van der Waals surface area (Å²) in [5, 5.41) is -0.309. The molecule has 4 aliphatic heterocycles. The molecular weight excluding hydrogens is 705 g/mol. The quantitative estimate of drug-likeness (QED) is 0.427. The molecule has 0 saturated carbocycles. The minimum atomic E-state index is -4.12. The zero-order valence-corrected chi connectivity index (χ0v) is 32.2. The topological polar surface area (TPSA) is 102 Å². The van der Waals surface area contributed by atoms with Crippen LogP contribution in [-0.4, -0.2) is 111 Å². The zero-order chi connectivity index (χ0) is 36.9. The molecule has 6 atom stereocenters. The van der Waals surface area contributed by atoms with Crippen LogP contribution in [-0.2, 0) is 26.7 Å². The van der Waals surface area contributed by atoms with Crippen molar-refractivity contribution in [3.63, 3.8) is 0 Å². The predicted molar refractivity (Wildman–Crippen MR) is 201 cm³/mol. The Balaban J connectivity index is 1.33. The molecule has 282 valence electrons. The largest absolute Gasteiger partial charge is 0.490 e. The highest BCUT2D eigenvalue weighted by molar-refractivity contribution is 7.90. The molecule has 4 heterocycles. The van der Waals surface area contributed by atoms with Crippen LogP contribution in [0, 0.1) is 5.92 Å². The van der Waals surface area contributed by atoms with E-state index < -0.39 is 44.4 Å². The number of anilines is 1. The number of halogens is 2. The lowest BCUT2D eigenvalue weighted by Crippen LogP contribution is -2.59. The van der Waals surface area contributed by atoms with Gasteiger partial charge in [-0.1, -0.05) is 30.7 Å². The number of benzene rings is 2. The maximum Gasteiger partial charge on any atom is 0.264 e. The summed E-state index contributed by atoms with van der Waals surface area (Å²) >= 11 is 6.46. The number of amides is 2. The third-order valence-electron chi connectivity index (χ3n) is 12.5. The Morgan fingerprint density at radius 1 is 1.06 bits per heavy atom. The van der Waals surface area contributed by atoms with Crippen LogP contribution in [0.3, 0.4) is 0 Å². The van der Waals surface area contributed by atoms with Crippen LogP contribution in [0.15, 0.2) is 48.3 Å². The minimum Gasteiger partial charge on any atom is -0.490 e. The van der Waals surface area contributed by atoms with Gasteiger partial charge in [0, 0.05) is 60.8 Å². The fraction of sp³-hybridized carbons (Fsp3) is 0.590. The van der Waals surface area contributed by atoms with Gasteiger partial charge >= 0.3 is 0 Å². The number of hydrogen-bond acceptors (Lipinski definition) is 8. The Kier molecular flexibility index (Phi) is 10.4. The Hall–Kier alpha value is -3.19. The number of sulfonamides is 1. The van der Waals surface area contributed by atoms with Crippen molar-refractivity contribution >= 4 is 39.1 Å². The number of piperazine rings is 1. The highest BCUT2D eigenvalue weighted by atomic mass is 35.5. The summed E-state index contributed by atoms with van der Waals surface area (Å²) in [5.74, 6) is -1.46. The monoisotopic (exact) mass is 755 g/mol. The van der Waals surface area contributed by atoms with Gasteiger partial charge in [0.1, 0.15) is 17.6 Å². The van der Waals surface area contributed by atoms with E-state index >= 15 is 4.39 Å². The number of nitrogens with zero attached hydrogens (tertiary/aromatic N) is 4. The lowest BCUT2D eigenvalue weighted by molar-refractivity contribution is -0.139. The standard InChI is InChI=1S/C39H51ClFN5O5S/c1-25-9-13-33(41)36(38(48)44-18-17-43(4)26(2)21-44)46-16-6-8-31(46)22-45-23-39(15-5-7-28-19-30(40)11-12-32(28)39)24-51-35-14-10-29(20-34(35)45)37(47)42-52(49,50)27(25)3/h10-14,19-20,25-27,31,36H,5-9,15-18,21-24H2,1-4H3,(H,42,47)/b33-13-/t25-,26+,27+,31-,36+,39-/m0/s1. The molecule has 7 rings (SSSR count). The fourth-order valence-corrected chi connectivity index (χ4v) is 10.4. The van der Waals surface area contributed by atoms with E-state index in [1.165, 1.54) is 24.1 Å². The average Bonchev–Trinajstić information content (AvgIpc) is 3.50. The van der Waals surface area contributed by atoms with Crippen molar-refractivity contribution in [2.45, 2.75) is 88.1 Å². The van der Waals surface area contributed by atoms with Crippen molar-refractivity contribution in [2.75, 3.05) is 57.8 Å². The average molecular weight is 756 g/mol. The molecule has 2 saturated heterocycles. The number of allylic oxidation sites excluding steroid dienone is 1. The normalized spacial score (nSPS) is 32.5. The van der Waals surface area contributed by atoms with Gasteiger partial charge in [-0.25, -0.2) is 17.5 Å². The number of fused-ring (bicyclic) bond motifs is 4. The SMILES string of the molecule is C[C@@H]1CN(C(=O)[C@H]2/C(F)=C/C[C@H](C)[C@@H](C)S(=O)(=O)NC(=O)c3ccc4c(c3)N(C[C@@H]3CCCN32)C[C@@]2(CCCc3cc(Cl)ccc32)CO4)CCN1C. The summed E-state index contributed by atoms with van der Waals surface area (Å²) in [7, 11) is -2.09. The van der Waals surface area contributed by atoms with Crippen molar-refractivity contribution in [2.24, 2.45) is 5.92 Å². The molecule has 0 unspecified atom stereocenters. The Labute approximate surface area is 312 Å². The lowest BCUT2D eigenvalue weighted by atomic mass is 9.70. The summed E-state index contributed by atoms with van der Waals surface area (Å²) in [4.78, 5) is 36.4. The van der Waals surface area contributed by atoms with Crippen molar-refractivity contribution in [1.82, 2.24) is 19.4 Å². The highest BCUT2D eigenvalue weighted by Gasteiger charge is 2.45. The van der Waals surface area contributed by atoms with E-state index in [9.17, 15) is 18.0 Å². The van der Waals surface area contributed by atoms with E-state index in [1.807, 2.05) is 24.1 Å². The second kappa shape index (κ2) is 14.6. The van der Waals surface area contributed by atoms with Crippen LogP contribution in [0.1, 0.15) is 74.4 Å². The van der Waals surface area contributed by atoms with Crippen molar-refractivity contribution < 1.29 is 27.1 Å². The second-order valence-corrected chi connectivity index (χ2v) is 18.3. The first-order valence-electron chi connectivity index (χ1n) is 18.7. The second-order valence-electron chi connectivity index (χ2n) is 15.8. The smallest absolute Gasteiger partial charge is 0.264 e. The molecule has 2 fully saturated rings. The van der Waals surface area contributed by atoms with Crippen LogP contribution in [0.2, 0.25) is 5.02 Å². The van der Waals surface area contributed by atoms with Gasteiger partial charge in [0.15, 0.2) is 0 Å². The predicted octanol–water partition coefficient (Wildman–Crippen LogP) is 5.15. The number of rotatable bonds is 1. The number of ether oxygens (including phenoxy) is 1. The molecule has 52 heavy (non-hydrogen) atoms. The van der Waals surface area contributed by atoms with Crippen LogP contribution >= 0.6 is 11.6 Å². The first-order chi connectivity index (χ1) is 24.8. The van der Waals surface area contributed by atoms with Crippen molar-refractivity contribution in [3.05, 3.63) is 70.0 Å². The molecule has 1 N–H and O–H groups in total. The van der Waals surface area contributed by atoms with Gasteiger partial charge < -0.3 is 19.4 Å². The maximum absolute atomic E-state index is 16.8. The Morgan fingerprint density at radius 3 is 2.65 bits per heavy atom. The molecule has 1 spiro atoms. The number of carbonyl (C=O) groups is 2. The number of likely N-dealkylation sites (N-methyl/N-ethyl adjacent to an activating group) is 1. The van der Waals surface area contributed by atoms with Crippen molar-refractivity contribution in [1.29, 1.82) is 0 Å². The van der Waals surface area contributed by atoms with Crippen molar-refractivity contribution in [3.8, 4) is 5.75 Å². The molecular formula is C39H51ClFN5O5S. The maximum atomic E-state index is 16.8. The highest BCUT2D eigenvalue weighted by Crippen LogP contribution is 2.45. The first-order valence-corrected chi connectivity index (χ1v) is 20.7. The molecule has 5 aliphatic rings. The summed E-state index contributed by atoms with van der Waals surface area (Å²) in [6, 6.07) is 10.00. The van der Waals surface area contributed by atoms with E-state index in [1.54, 1.807) is 30.0 Å². The molecule has 2 aromatic carbocycles. The van der Waals surface area contributed by atoms with E-state index in [-0.39, 0.29) is 30.0 Å². The fourth-order valence-electron chi connectivity index (χ4n) is 8.93. The molecule has 0 aromatic heterocycles. The van der Waals surface area contributed by atoms with Gasteiger partial charge in [-0.05, 0) is 113 Å². The van der Waals surface area contributed by atoms with Crippen LogP contribution in [0.5, 0.6) is 5.75 Å². The van der Waals surface area contributed by atoms with Gasteiger partial charge in [-0.3, -0.25) is 14.5 Å². The summed E-state index contributed by atoms with van der Waals surface area (Å²) < 4.78 is 52.7. The molecule has 0 radical (unpaired) electrons. The summed E-state index contributed by atoms with van der Waals surface area (Å²) in [6.07, 6.45) is 5.82. The molecule has 10 nitrogen and oxygen atoms in total. The van der Waals surface area contributed by atoms with Gasteiger partial charge in [0.05, 0.1) is 17.5 Å². The van der Waals surface area contributed by atoms with E-state index in [0.717, 1.165) is 32.1 Å². The number of carbonyl (C=O) groups excluding carboxylic acids is 2. The van der Waals surface area contributed by atoms with E-state index in [2.05, 4.69) is 27.5 Å². The summed E-state index contributed by atoms with van der Waals surface area (Å²) in [6.45, 7) is 9.04. The molecule has 2 amide bonds. The van der Waals surface area contributed by atoms with Gasteiger partial charge in [-0.15, -0.1) is 0 Å². The van der Waals surface area contributed by atoms with Gasteiger partial charge in [-0.2, -0.15) is 0 Å². The third-order valence-corrected chi connectivity index (χ3v) is 14.6. The third kappa shape index (κ3) is 7.08. The first kappa shape index (κ1) is 37.1. The van der Waals surface area contributed by atoms with Gasteiger partial charge in [0.2, 0.25) is 15.9 Å². The van der Waals surface area contributed by atoms with Crippen LogP contribution in [0.25, 0.3) is 0 Å². The molecule has 2 aromatic rings. The lowest BCUT2D eigenvalue weighted by Gasteiger charge is -2.43. The molecule has 2 bridgehead atoms. The Bertz CT molecular complexity index is 1860.